The lowest BCUT2D eigenvalue weighted by atomic mass is 10.1. The van der Waals surface area contributed by atoms with Crippen LogP contribution in [0, 0.1) is 11.6 Å². The molecule has 2 rings (SSSR count). The van der Waals surface area contributed by atoms with Crippen LogP contribution in [0.4, 0.5) is 8.78 Å². The number of halogens is 2. The number of benzene rings is 2. The van der Waals surface area contributed by atoms with Gasteiger partial charge in [0, 0.05) is 11.0 Å². The van der Waals surface area contributed by atoms with Gasteiger partial charge >= 0.3 is 0 Å². The van der Waals surface area contributed by atoms with Crippen molar-refractivity contribution in [2.75, 3.05) is 12.9 Å². The first-order valence-corrected chi connectivity index (χ1v) is 6.84. The number of ether oxygens (including phenoxy) is 1. The van der Waals surface area contributed by atoms with E-state index >= 15 is 0 Å². The molecule has 0 aliphatic heterocycles. The molecule has 0 spiro atoms. The van der Waals surface area contributed by atoms with Gasteiger partial charge in [-0.15, -0.1) is 11.8 Å². The SMILES string of the molecule is COc1ccccc1C(=O)CSc1ccc(F)cc1F. The van der Waals surface area contributed by atoms with Crippen molar-refractivity contribution >= 4 is 17.5 Å². The maximum absolute atomic E-state index is 13.5. The topological polar surface area (TPSA) is 26.3 Å². The molecule has 0 aliphatic carbocycles. The summed E-state index contributed by atoms with van der Waals surface area (Å²) in [5.41, 5.74) is 0.449. The standard InChI is InChI=1S/C15H12F2O2S/c1-19-14-5-3-2-4-11(14)13(18)9-20-15-7-6-10(16)8-12(15)17/h2-8H,9H2,1H3. The van der Waals surface area contributed by atoms with Crippen LogP contribution in [0.15, 0.2) is 47.4 Å². The lowest BCUT2D eigenvalue weighted by Gasteiger charge is -2.07. The van der Waals surface area contributed by atoms with Gasteiger partial charge in [0.15, 0.2) is 5.78 Å². The first kappa shape index (κ1) is 14.5. The van der Waals surface area contributed by atoms with E-state index in [1.807, 2.05) is 0 Å². The molecule has 2 aromatic carbocycles. The molecule has 0 amide bonds. The van der Waals surface area contributed by atoms with Crippen molar-refractivity contribution in [3.8, 4) is 5.75 Å². The summed E-state index contributed by atoms with van der Waals surface area (Å²) in [6.07, 6.45) is 0. The Morgan fingerprint density at radius 2 is 1.95 bits per heavy atom. The van der Waals surface area contributed by atoms with Crippen LogP contribution in [0.5, 0.6) is 5.75 Å². The Balaban J connectivity index is 2.09. The highest BCUT2D eigenvalue weighted by Crippen LogP contribution is 2.25. The number of Topliss-reactive ketones (excluding diaryl/α,β-unsaturated/α-hetero) is 1. The zero-order chi connectivity index (χ0) is 14.5. The van der Waals surface area contributed by atoms with E-state index in [1.54, 1.807) is 24.3 Å². The number of methoxy groups -OCH3 is 1. The fraction of sp³-hybridized carbons (Fsp3) is 0.133. The van der Waals surface area contributed by atoms with E-state index in [0.717, 1.165) is 17.8 Å². The van der Waals surface area contributed by atoms with Crippen LogP contribution in [0.1, 0.15) is 10.4 Å². The molecule has 0 aliphatic rings. The van der Waals surface area contributed by atoms with Gasteiger partial charge in [0.1, 0.15) is 17.4 Å². The lowest BCUT2D eigenvalue weighted by molar-refractivity contribution is 0.101. The third-order valence-corrected chi connectivity index (χ3v) is 3.71. The van der Waals surface area contributed by atoms with Crippen LogP contribution in [-0.2, 0) is 0 Å². The van der Waals surface area contributed by atoms with Crippen molar-refractivity contribution < 1.29 is 18.3 Å². The Kier molecular flexibility index (Phi) is 4.74. The number of hydrogen-bond donors (Lipinski definition) is 0. The Morgan fingerprint density at radius 1 is 1.20 bits per heavy atom. The molecular weight excluding hydrogens is 282 g/mol. The minimum atomic E-state index is -0.664. The van der Waals surface area contributed by atoms with E-state index < -0.39 is 11.6 Å². The molecule has 0 saturated carbocycles. The molecule has 2 aromatic rings. The maximum Gasteiger partial charge on any atom is 0.176 e. The second-order valence-corrected chi connectivity index (χ2v) is 5.00. The number of carbonyl (C=O) groups is 1. The summed E-state index contributed by atoms with van der Waals surface area (Å²) in [7, 11) is 1.49. The summed E-state index contributed by atoms with van der Waals surface area (Å²) in [5.74, 6) is -0.928. The highest BCUT2D eigenvalue weighted by molar-refractivity contribution is 8.00. The molecule has 0 N–H and O–H groups in total. The van der Waals surface area contributed by atoms with Crippen molar-refractivity contribution in [2.45, 2.75) is 4.90 Å². The Bertz CT molecular complexity index is 629. The molecule has 0 aromatic heterocycles. The van der Waals surface area contributed by atoms with Crippen LogP contribution in [0.25, 0.3) is 0 Å². The zero-order valence-electron chi connectivity index (χ0n) is 10.7. The van der Waals surface area contributed by atoms with Crippen LogP contribution in [0.2, 0.25) is 0 Å². The fourth-order valence-electron chi connectivity index (χ4n) is 1.69. The quantitative estimate of drug-likeness (QED) is 0.617. The average molecular weight is 294 g/mol. The largest absolute Gasteiger partial charge is 0.496 e. The summed E-state index contributed by atoms with van der Waals surface area (Å²) < 4.78 is 31.3. The predicted molar refractivity (Wildman–Crippen MR) is 74.4 cm³/mol. The van der Waals surface area contributed by atoms with Gasteiger partial charge in [-0.1, -0.05) is 12.1 Å². The summed E-state index contributed by atoms with van der Waals surface area (Å²) in [6, 6.07) is 10.1. The first-order valence-electron chi connectivity index (χ1n) is 5.86. The molecular formula is C15H12F2O2S. The fourth-order valence-corrected chi connectivity index (χ4v) is 2.49. The molecule has 5 heteroatoms. The summed E-state index contributed by atoms with van der Waals surface area (Å²) in [6.45, 7) is 0. The molecule has 0 bridgehead atoms. The van der Waals surface area contributed by atoms with Gasteiger partial charge < -0.3 is 4.74 Å². The highest BCUT2D eigenvalue weighted by Gasteiger charge is 2.13. The van der Waals surface area contributed by atoms with Gasteiger partial charge in [0.25, 0.3) is 0 Å². The van der Waals surface area contributed by atoms with Gasteiger partial charge in [0.05, 0.1) is 18.4 Å². The molecule has 0 saturated heterocycles. The zero-order valence-corrected chi connectivity index (χ0v) is 11.5. The summed E-state index contributed by atoms with van der Waals surface area (Å²) >= 11 is 1.03. The molecule has 20 heavy (non-hydrogen) atoms. The van der Waals surface area contributed by atoms with Crippen LogP contribution >= 0.6 is 11.8 Å². The van der Waals surface area contributed by atoms with Gasteiger partial charge in [0.2, 0.25) is 0 Å². The number of hydrogen-bond acceptors (Lipinski definition) is 3. The van der Waals surface area contributed by atoms with E-state index in [2.05, 4.69) is 0 Å². The minimum Gasteiger partial charge on any atom is -0.496 e. The maximum atomic E-state index is 13.5. The number of thioether (sulfide) groups is 1. The molecule has 0 radical (unpaired) electrons. The molecule has 0 atom stereocenters. The monoisotopic (exact) mass is 294 g/mol. The molecule has 0 heterocycles. The smallest absolute Gasteiger partial charge is 0.176 e. The van der Waals surface area contributed by atoms with Gasteiger partial charge in [-0.2, -0.15) is 0 Å². The van der Waals surface area contributed by atoms with E-state index in [1.165, 1.54) is 19.2 Å². The molecule has 104 valence electrons. The number of rotatable bonds is 5. The Hall–Kier alpha value is -1.88. The second kappa shape index (κ2) is 6.52. The van der Waals surface area contributed by atoms with Crippen LogP contribution in [-0.4, -0.2) is 18.6 Å². The average Bonchev–Trinajstić information content (AvgIpc) is 2.46. The third-order valence-electron chi connectivity index (χ3n) is 2.66. The van der Waals surface area contributed by atoms with Crippen molar-refractivity contribution in [2.24, 2.45) is 0 Å². The normalized spacial score (nSPS) is 10.3. The third kappa shape index (κ3) is 3.36. The van der Waals surface area contributed by atoms with Crippen molar-refractivity contribution in [1.82, 2.24) is 0 Å². The second-order valence-electron chi connectivity index (χ2n) is 3.99. The van der Waals surface area contributed by atoms with Crippen LogP contribution < -0.4 is 4.74 Å². The minimum absolute atomic E-state index is 0.0585. The van der Waals surface area contributed by atoms with Gasteiger partial charge in [-0.05, 0) is 24.3 Å². The first-order chi connectivity index (χ1) is 9.61. The molecule has 0 unspecified atom stereocenters. The van der Waals surface area contributed by atoms with E-state index in [0.29, 0.717) is 11.3 Å². The van der Waals surface area contributed by atoms with Gasteiger partial charge in [-0.3, -0.25) is 4.79 Å². The number of ketones is 1. The predicted octanol–water partition coefficient (Wildman–Crippen LogP) is 3.95. The summed E-state index contributed by atoms with van der Waals surface area (Å²) in [5, 5.41) is 0. The van der Waals surface area contributed by atoms with Crippen molar-refractivity contribution in [1.29, 1.82) is 0 Å². The Morgan fingerprint density at radius 3 is 2.65 bits per heavy atom. The lowest BCUT2D eigenvalue weighted by Crippen LogP contribution is -2.05. The van der Waals surface area contributed by atoms with Gasteiger partial charge in [-0.25, -0.2) is 8.78 Å². The summed E-state index contributed by atoms with van der Waals surface area (Å²) in [4.78, 5) is 12.3. The number of para-hydroxylation sites is 1. The van der Waals surface area contributed by atoms with E-state index in [4.69, 9.17) is 4.74 Å². The number of carbonyl (C=O) groups excluding carboxylic acids is 1. The highest BCUT2D eigenvalue weighted by atomic mass is 32.2. The van der Waals surface area contributed by atoms with Crippen molar-refractivity contribution in [3.63, 3.8) is 0 Å². The molecule has 2 nitrogen and oxygen atoms in total. The van der Waals surface area contributed by atoms with E-state index in [9.17, 15) is 13.6 Å². The molecule has 0 fully saturated rings. The van der Waals surface area contributed by atoms with Crippen LogP contribution in [0.3, 0.4) is 0 Å². The van der Waals surface area contributed by atoms with Crippen molar-refractivity contribution in [3.05, 3.63) is 59.7 Å². The Labute approximate surface area is 119 Å². The van der Waals surface area contributed by atoms with E-state index in [-0.39, 0.29) is 16.4 Å².